The molecule has 19 heteroatoms. The smallest absolute Gasteiger partial charge is 0.462 e. The summed E-state index contributed by atoms with van der Waals surface area (Å²) < 4.78 is 68.1. The number of carbonyl (C=O) groups is 4. The second-order valence-electron chi connectivity index (χ2n) is 25.8. The van der Waals surface area contributed by atoms with Crippen LogP contribution in [0.25, 0.3) is 0 Å². The van der Waals surface area contributed by atoms with E-state index in [-0.39, 0.29) is 25.7 Å². The number of hydrogen-bond acceptors (Lipinski definition) is 15. The maximum Gasteiger partial charge on any atom is 0.472 e. The first-order chi connectivity index (χ1) is 40.6. The van der Waals surface area contributed by atoms with Crippen molar-refractivity contribution in [2.45, 2.75) is 337 Å². The van der Waals surface area contributed by atoms with Crippen molar-refractivity contribution in [3.63, 3.8) is 0 Å². The third-order valence-corrected chi connectivity index (χ3v) is 17.0. The molecule has 17 nitrogen and oxygen atoms in total. The molecule has 504 valence electrons. The third-order valence-electron chi connectivity index (χ3n) is 15.1. The summed E-state index contributed by atoms with van der Waals surface area (Å²) >= 11 is 0. The highest BCUT2D eigenvalue weighted by Gasteiger charge is 2.30. The molecule has 5 atom stereocenters. The number of carbonyl (C=O) groups excluding carboxylic acids is 4. The van der Waals surface area contributed by atoms with Crippen LogP contribution in [0.5, 0.6) is 0 Å². The zero-order chi connectivity index (χ0) is 63.2. The summed E-state index contributed by atoms with van der Waals surface area (Å²) in [5.41, 5.74) is 0. The summed E-state index contributed by atoms with van der Waals surface area (Å²) in [7, 11) is -9.89. The van der Waals surface area contributed by atoms with Crippen LogP contribution in [-0.4, -0.2) is 96.7 Å². The largest absolute Gasteiger partial charge is 0.472 e. The van der Waals surface area contributed by atoms with Crippen molar-refractivity contribution in [1.29, 1.82) is 0 Å². The molecule has 0 aliphatic carbocycles. The Morgan fingerprint density at radius 3 is 0.729 bits per heavy atom. The lowest BCUT2D eigenvalue weighted by atomic mass is 10.0. The van der Waals surface area contributed by atoms with Gasteiger partial charge < -0.3 is 33.8 Å². The van der Waals surface area contributed by atoms with E-state index in [1.165, 1.54) is 116 Å². The number of hydrogen-bond donors (Lipinski definition) is 3. The highest BCUT2D eigenvalue weighted by atomic mass is 31.2. The predicted octanol–water partition coefficient (Wildman–Crippen LogP) is 18.1. The standard InChI is InChI=1S/C66H128O17P2/c1-56(2)42-34-26-18-12-9-10-14-22-32-40-48-65(70)82-61(52-76-63(68)46-38-30-21-15-11-13-19-27-35-43-57(3)4)54-80-84(72,73)78-50-60(67)51-79-85(74,75)81-55-62(53-77-64(69)47-39-31-25-24-29-37-45-59(7)8)83-66(71)49-41-33-23-17-16-20-28-36-44-58(5)6/h56-62,67H,9-55H2,1-8H3,(H,72,73)(H,74,75)/t60-,61-,62-/m1/s1. The lowest BCUT2D eigenvalue weighted by Gasteiger charge is -2.21. The van der Waals surface area contributed by atoms with E-state index in [0.29, 0.717) is 31.6 Å². The van der Waals surface area contributed by atoms with E-state index >= 15 is 0 Å². The van der Waals surface area contributed by atoms with Crippen molar-refractivity contribution in [2.75, 3.05) is 39.6 Å². The molecule has 0 saturated heterocycles. The average Bonchev–Trinajstić information content (AvgIpc) is 3.48. The van der Waals surface area contributed by atoms with Gasteiger partial charge in [-0.2, -0.15) is 0 Å². The second kappa shape index (κ2) is 56.1. The van der Waals surface area contributed by atoms with Crippen molar-refractivity contribution in [3.05, 3.63) is 0 Å². The summed E-state index contributed by atoms with van der Waals surface area (Å²) in [5.74, 6) is 0.755. The number of esters is 4. The quantitative estimate of drug-likeness (QED) is 0.0222. The van der Waals surface area contributed by atoms with Gasteiger partial charge >= 0.3 is 39.5 Å². The Morgan fingerprint density at radius 2 is 0.494 bits per heavy atom. The Labute approximate surface area is 517 Å². The van der Waals surface area contributed by atoms with Crippen LogP contribution in [0.4, 0.5) is 0 Å². The Bertz CT molecular complexity index is 1700. The number of phosphoric ester groups is 2. The van der Waals surface area contributed by atoms with Crippen molar-refractivity contribution in [1.82, 2.24) is 0 Å². The monoisotopic (exact) mass is 1250 g/mol. The number of aliphatic hydroxyl groups excluding tert-OH is 1. The van der Waals surface area contributed by atoms with E-state index in [0.717, 1.165) is 114 Å². The first-order valence-corrected chi connectivity index (χ1v) is 37.2. The molecule has 2 unspecified atom stereocenters. The molecule has 0 radical (unpaired) electrons. The Kier molecular flexibility index (Phi) is 54.8. The van der Waals surface area contributed by atoms with Gasteiger partial charge in [0.1, 0.15) is 19.3 Å². The lowest BCUT2D eigenvalue weighted by molar-refractivity contribution is -0.161. The van der Waals surface area contributed by atoms with Gasteiger partial charge in [-0.05, 0) is 49.4 Å². The molecule has 0 aromatic rings. The fraction of sp³-hybridized carbons (Fsp3) is 0.939. The zero-order valence-corrected chi connectivity index (χ0v) is 57.0. The molecule has 0 amide bonds. The summed E-state index contributed by atoms with van der Waals surface area (Å²) in [6.07, 6.45) is 36.4. The van der Waals surface area contributed by atoms with Crippen molar-refractivity contribution in [3.8, 4) is 0 Å². The molecule has 0 heterocycles. The molecule has 0 fully saturated rings. The minimum atomic E-state index is -4.95. The highest BCUT2D eigenvalue weighted by molar-refractivity contribution is 7.47. The number of unbranched alkanes of at least 4 members (excludes halogenated alkanes) is 29. The minimum Gasteiger partial charge on any atom is -0.462 e. The molecule has 0 aliphatic rings. The van der Waals surface area contributed by atoms with Crippen LogP contribution in [0.3, 0.4) is 0 Å². The molecule has 0 saturated carbocycles. The van der Waals surface area contributed by atoms with Crippen molar-refractivity contribution < 1.29 is 80.2 Å². The van der Waals surface area contributed by atoms with Gasteiger partial charge in [0.25, 0.3) is 0 Å². The highest BCUT2D eigenvalue weighted by Crippen LogP contribution is 2.45. The Hall–Kier alpha value is -1.94. The Balaban J connectivity index is 5.26. The SMILES string of the molecule is CC(C)CCCCCCCCCCCCC(=O)O[C@H](COC(=O)CCCCCCCCCCCC(C)C)COP(=O)(O)OC[C@@H](O)COP(=O)(O)OC[C@@H](COC(=O)CCCCCCCCC(C)C)OC(=O)CCCCCCCCCCC(C)C. The van der Waals surface area contributed by atoms with Crippen LogP contribution in [0.15, 0.2) is 0 Å². The molecule has 0 rings (SSSR count). The Morgan fingerprint density at radius 1 is 0.294 bits per heavy atom. The molecular weight excluding hydrogens is 1130 g/mol. The van der Waals surface area contributed by atoms with Crippen LogP contribution in [0, 0.1) is 23.7 Å². The predicted molar refractivity (Wildman–Crippen MR) is 340 cm³/mol. The van der Waals surface area contributed by atoms with Gasteiger partial charge in [-0.15, -0.1) is 0 Å². The van der Waals surface area contributed by atoms with Gasteiger partial charge in [0.05, 0.1) is 26.4 Å². The molecule has 0 aromatic carbocycles. The van der Waals surface area contributed by atoms with Gasteiger partial charge in [0.2, 0.25) is 0 Å². The minimum absolute atomic E-state index is 0.103. The molecule has 0 aromatic heterocycles. The van der Waals surface area contributed by atoms with Gasteiger partial charge in [-0.25, -0.2) is 9.13 Å². The molecular formula is C66H128O17P2. The number of phosphoric acid groups is 2. The van der Waals surface area contributed by atoms with Gasteiger partial charge in [0, 0.05) is 25.7 Å². The maximum atomic E-state index is 13.0. The maximum absolute atomic E-state index is 13.0. The normalized spacial score (nSPS) is 14.4. The molecule has 3 N–H and O–H groups in total. The third kappa shape index (κ3) is 60.7. The van der Waals surface area contributed by atoms with Crippen LogP contribution in [-0.2, 0) is 65.4 Å². The summed E-state index contributed by atoms with van der Waals surface area (Å²) in [4.78, 5) is 72.3. The van der Waals surface area contributed by atoms with E-state index in [2.05, 4.69) is 55.4 Å². The summed E-state index contributed by atoms with van der Waals surface area (Å²) in [6, 6.07) is 0. The van der Waals surface area contributed by atoms with Crippen LogP contribution in [0.2, 0.25) is 0 Å². The number of rotatable bonds is 63. The average molecular weight is 1260 g/mol. The van der Waals surface area contributed by atoms with Gasteiger partial charge in [-0.3, -0.25) is 37.3 Å². The van der Waals surface area contributed by atoms with E-state index in [9.17, 15) is 43.2 Å². The van der Waals surface area contributed by atoms with E-state index in [1.807, 2.05) is 0 Å². The lowest BCUT2D eigenvalue weighted by Crippen LogP contribution is -2.30. The topological polar surface area (TPSA) is 237 Å². The summed E-state index contributed by atoms with van der Waals surface area (Å²) in [5, 5.41) is 10.5. The van der Waals surface area contributed by atoms with Crippen LogP contribution in [0.1, 0.15) is 319 Å². The van der Waals surface area contributed by atoms with E-state index in [4.69, 9.17) is 37.0 Å². The van der Waals surface area contributed by atoms with Crippen LogP contribution < -0.4 is 0 Å². The number of aliphatic hydroxyl groups is 1. The van der Waals surface area contributed by atoms with Crippen LogP contribution >= 0.6 is 15.6 Å². The molecule has 85 heavy (non-hydrogen) atoms. The fourth-order valence-electron chi connectivity index (χ4n) is 9.78. The molecule has 0 spiro atoms. The molecule has 0 bridgehead atoms. The molecule has 0 aliphatic heterocycles. The fourth-order valence-corrected chi connectivity index (χ4v) is 11.4. The zero-order valence-electron chi connectivity index (χ0n) is 55.2. The van der Waals surface area contributed by atoms with E-state index in [1.54, 1.807) is 0 Å². The van der Waals surface area contributed by atoms with Gasteiger partial charge in [0.15, 0.2) is 12.2 Å². The van der Waals surface area contributed by atoms with Crippen molar-refractivity contribution in [2.24, 2.45) is 23.7 Å². The first-order valence-electron chi connectivity index (χ1n) is 34.2. The van der Waals surface area contributed by atoms with Gasteiger partial charge in [-0.1, -0.05) is 267 Å². The summed E-state index contributed by atoms with van der Waals surface area (Å²) in [6.45, 7) is 14.0. The second-order valence-corrected chi connectivity index (χ2v) is 28.7. The van der Waals surface area contributed by atoms with Crippen molar-refractivity contribution >= 4 is 39.5 Å². The number of ether oxygens (including phenoxy) is 4. The van der Waals surface area contributed by atoms with E-state index < -0.39 is 97.5 Å². The first kappa shape index (κ1) is 83.1.